The highest BCUT2D eigenvalue weighted by molar-refractivity contribution is 9.10. The zero-order valence-corrected chi connectivity index (χ0v) is 9.47. The Bertz CT molecular complexity index is 287. The fourth-order valence-electron chi connectivity index (χ4n) is 1.13. The van der Waals surface area contributed by atoms with Gasteiger partial charge < -0.3 is 0 Å². The molecule has 1 aromatic carbocycles. The molecule has 0 unspecified atom stereocenters. The zero-order valence-electron chi connectivity index (χ0n) is 7.88. The number of benzene rings is 1. The van der Waals surface area contributed by atoms with Gasteiger partial charge in [-0.05, 0) is 18.9 Å². The van der Waals surface area contributed by atoms with Crippen LogP contribution >= 0.6 is 15.9 Å². The third kappa shape index (κ3) is 2.66. The molecule has 0 aliphatic carbocycles. The summed E-state index contributed by atoms with van der Waals surface area (Å²) in [5.41, 5.74) is 2.04. The molecular formula is C11H13BrO. The summed E-state index contributed by atoms with van der Waals surface area (Å²) in [6.45, 7) is 3.94. The largest absolute Gasteiger partial charge is 0.293 e. The van der Waals surface area contributed by atoms with E-state index in [-0.39, 0.29) is 10.6 Å². The smallest absolute Gasteiger partial charge is 0.176 e. The van der Waals surface area contributed by atoms with E-state index < -0.39 is 0 Å². The minimum Gasteiger partial charge on any atom is -0.293 e. The van der Waals surface area contributed by atoms with Crippen LogP contribution in [0.3, 0.4) is 0 Å². The number of hydrogen-bond acceptors (Lipinski definition) is 1. The maximum absolute atomic E-state index is 11.5. The van der Waals surface area contributed by atoms with Gasteiger partial charge in [-0.1, -0.05) is 47.1 Å². The van der Waals surface area contributed by atoms with Crippen molar-refractivity contribution >= 4 is 21.7 Å². The summed E-state index contributed by atoms with van der Waals surface area (Å²) in [6, 6.07) is 7.78. The molecule has 1 atom stereocenters. The van der Waals surface area contributed by atoms with Crippen molar-refractivity contribution in [2.45, 2.75) is 25.1 Å². The van der Waals surface area contributed by atoms with Crippen LogP contribution in [-0.4, -0.2) is 10.6 Å². The number of halogens is 1. The van der Waals surface area contributed by atoms with Crippen molar-refractivity contribution in [1.82, 2.24) is 0 Å². The Morgan fingerprint density at radius 1 is 1.38 bits per heavy atom. The van der Waals surface area contributed by atoms with Gasteiger partial charge in [0.2, 0.25) is 0 Å². The average molecular weight is 241 g/mol. The number of aryl methyl sites for hydroxylation is 1. The molecule has 0 aliphatic heterocycles. The summed E-state index contributed by atoms with van der Waals surface area (Å²) in [5.74, 6) is 0.141. The van der Waals surface area contributed by atoms with Crippen LogP contribution in [0.25, 0.3) is 0 Å². The number of carbonyl (C=O) groups excluding carboxylic acids is 1. The second-order valence-electron chi connectivity index (χ2n) is 3.03. The van der Waals surface area contributed by atoms with Crippen molar-refractivity contribution in [3.63, 3.8) is 0 Å². The summed E-state index contributed by atoms with van der Waals surface area (Å²) in [5, 5.41) is 0. The lowest BCUT2D eigenvalue weighted by molar-refractivity contribution is 0.0996. The van der Waals surface area contributed by atoms with E-state index in [1.54, 1.807) is 0 Å². The Morgan fingerprint density at radius 2 is 1.92 bits per heavy atom. The minimum absolute atomic E-state index is 0.0972. The minimum atomic E-state index is -0.0972. The van der Waals surface area contributed by atoms with Crippen LogP contribution in [0.15, 0.2) is 24.3 Å². The van der Waals surface area contributed by atoms with Crippen LogP contribution in [0, 0.1) is 0 Å². The van der Waals surface area contributed by atoms with E-state index in [0.29, 0.717) is 0 Å². The van der Waals surface area contributed by atoms with Gasteiger partial charge in [-0.3, -0.25) is 4.79 Å². The van der Waals surface area contributed by atoms with Gasteiger partial charge in [0, 0.05) is 5.56 Å². The predicted molar refractivity (Wildman–Crippen MR) is 58.5 cm³/mol. The third-order valence-corrected chi connectivity index (χ3v) is 2.42. The molecule has 0 heterocycles. The van der Waals surface area contributed by atoms with Crippen LogP contribution in [0.4, 0.5) is 0 Å². The first-order chi connectivity index (χ1) is 6.15. The molecular weight excluding hydrogens is 228 g/mol. The van der Waals surface area contributed by atoms with Crippen molar-refractivity contribution < 1.29 is 4.79 Å². The summed E-state index contributed by atoms with van der Waals surface area (Å²) < 4.78 is 0. The molecule has 0 fully saturated rings. The Labute approximate surface area is 87.3 Å². The number of alkyl halides is 1. The highest BCUT2D eigenvalue weighted by Crippen LogP contribution is 2.11. The molecule has 70 valence electrons. The number of Topliss-reactive ketones (excluding diaryl/α,β-unsaturated/α-hetero) is 1. The molecule has 0 aliphatic rings. The van der Waals surface area contributed by atoms with Crippen LogP contribution in [0.1, 0.15) is 29.8 Å². The lowest BCUT2D eigenvalue weighted by atomic mass is 10.1. The second kappa shape index (κ2) is 4.56. The number of rotatable bonds is 3. The quantitative estimate of drug-likeness (QED) is 0.586. The van der Waals surface area contributed by atoms with Gasteiger partial charge in [0.05, 0.1) is 4.83 Å². The van der Waals surface area contributed by atoms with E-state index in [9.17, 15) is 4.79 Å². The van der Waals surface area contributed by atoms with E-state index >= 15 is 0 Å². The SMILES string of the molecule is CCc1ccc(C(=O)[C@H](C)Br)cc1. The lowest BCUT2D eigenvalue weighted by Crippen LogP contribution is -2.09. The van der Waals surface area contributed by atoms with Crippen LogP contribution in [0.2, 0.25) is 0 Å². The van der Waals surface area contributed by atoms with Gasteiger partial charge in [0.1, 0.15) is 0 Å². The Morgan fingerprint density at radius 3 is 2.31 bits per heavy atom. The average Bonchev–Trinajstić information content (AvgIpc) is 2.17. The van der Waals surface area contributed by atoms with E-state index in [2.05, 4.69) is 22.9 Å². The highest BCUT2D eigenvalue weighted by Gasteiger charge is 2.10. The summed E-state index contributed by atoms with van der Waals surface area (Å²) in [6.07, 6.45) is 1.01. The van der Waals surface area contributed by atoms with Crippen molar-refractivity contribution in [2.24, 2.45) is 0 Å². The molecule has 1 rings (SSSR count). The molecule has 0 spiro atoms. The molecule has 2 heteroatoms. The van der Waals surface area contributed by atoms with E-state index in [0.717, 1.165) is 12.0 Å². The van der Waals surface area contributed by atoms with Gasteiger partial charge >= 0.3 is 0 Å². The zero-order chi connectivity index (χ0) is 9.84. The van der Waals surface area contributed by atoms with Crippen molar-refractivity contribution in [3.05, 3.63) is 35.4 Å². The predicted octanol–water partition coefficient (Wildman–Crippen LogP) is 3.22. The lowest BCUT2D eigenvalue weighted by Gasteiger charge is -2.03. The Balaban J connectivity index is 2.86. The summed E-state index contributed by atoms with van der Waals surface area (Å²) in [7, 11) is 0. The number of carbonyl (C=O) groups is 1. The molecule has 1 aromatic rings. The number of hydrogen-bond donors (Lipinski definition) is 0. The van der Waals surface area contributed by atoms with Crippen LogP contribution < -0.4 is 0 Å². The second-order valence-corrected chi connectivity index (χ2v) is 4.40. The van der Waals surface area contributed by atoms with Gasteiger partial charge in [0.25, 0.3) is 0 Å². The first kappa shape index (κ1) is 10.5. The monoisotopic (exact) mass is 240 g/mol. The molecule has 13 heavy (non-hydrogen) atoms. The first-order valence-electron chi connectivity index (χ1n) is 4.42. The van der Waals surface area contributed by atoms with E-state index in [1.807, 2.05) is 31.2 Å². The van der Waals surface area contributed by atoms with Crippen LogP contribution in [0.5, 0.6) is 0 Å². The molecule has 1 nitrogen and oxygen atoms in total. The summed E-state index contributed by atoms with van der Waals surface area (Å²) in [4.78, 5) is 11.4. The maximum atomic E-state index is 11.5. The van der Waals surface area contributed by atoms with Crippen molar-refractivity contribution in [3.8, 4) is 0 Å². The van der Waals surface area contributed by atoms with E-state index in [4.69, 9.17) is 0 Å². The fourth-order valence-corrected chi connectivity index (χ4v) is 1.40. The Kier molecular flexibility index (Phi) is 3.67. The maximum Gasteiger partial charge on any atom is 0.176 e. The van der Waals surface area contributed by atoms with Crippen LogP contribution in [-0.2, 0) is 6.42 Å². The summed E-state index contributed by atoms with van der Waals surface area (Å²) >= 11 is 3.26. The molecule has 0 radical (unpaired) electrons. The van der Waals surface area contributed by atoms with Crippen molar-refractivity contribution in [2.75, 3.05) is 0 Å². The standard InChI is InChI=1S/C11H13BrO/c1-3-9-4-6-10(7-5-9)11(13)8(2)12/h4-8H,3H2,1-2H3/t8-/m0/s1. The topological polar surface area (TPSA) is 17.1 Å². The molecule has 0 saturated heterocycles. The van der Waals surface area contributed by atoms with Gasteiger partial charge in [-0.2, -0.15) is 0 Å². The van der Waals surface area contributed by atoms with Crippen molar-refractivity contribution in [1.29, 1.82) is 0 Å². The fraction of sp³-hybridized carbons (Fsp3) is 0.364. The molecule has 0 amide bonds. The number of ketones is 1. The highest BCUT2D eigenvalue weighted by atomic mass is 79.9. The normalized spacial score (nSPS) is 12.5. The van der Waals surface area contributed by atoms with E-state index in [1.165, 1.54) is 5.56 Å². The van der Waals surface area contributed by atoms with Gasteiger partial charge in [-0.15, -0.1) is 0 Å². The molecule has 0 saturated carbocycles. The molecule has 0 aromatic heterocycles. The van der Waals surface area contributed by atoms with Gasteiger partial charge in [-0.25, -0.2) is 0 Å². The third-order valence-electron chi connectivity index (χ3n) is 2.01. The molecule has 0 N–H and O–H groups in total. The molecule has 0 bridgehead atoms. The first-order valence-corrected chi connectivity index (χ1v) is 5.34. The van der Waals surface area contributed by atoms with Gasteiger partial charge in [0.15, 0.2) is 5.78 Å². The Hall–Kier alpha value is -0.630.